The van der Waals surface area contributed by atoms with E-state index in [0.717, 1.165) is 0 Å². The molecule has 1 aromatic rings. The van der Waals surface area contributed by atoms with Gasteiger partial charge in [-0.1, -0.05) is 25.4 Å². The van der Waals surface area contributed by atoms with E-state index >= 15 is 0 Å². The van der Waals surface area contributed by atoms with Gasteiger partial charge < -0.3 is 10.4 Å². The number of halogens is 1. The van der Waals surface area contributed by atoms with E-state index < -0.39 is 5.97 Å². The molecule has 0 saturated heterocycles. The van der Waals surface area contributed by atoms with Crippen LogP contribution in [0.4, 0.5) is 5.69 Å². The molecule has 0 aliphatic heterocycles. The Labute approximate surface area is 98.2 Å². The molecule has 0 aromatic heterocycles. The Balaban J connectivity index is 2.95. The van der Waals surface area contributed by atoms with E-state index in [-0.39, 0.29) is 22.4 Å². The fraction of sp³-hybridized carbons (Fsp3) is 0.273. The van der Waals surface area contributed by atoms with Crippen LogP contribution in [0.3, 0.4) is 0 Å². The number of hydrogen-bond donors (Lipinski definition) is 2. The normalized spacial score (nSPS) is 10.2. The van der Waals surface area contributed by atoms with Crippen molar-refractivity contribution in [1.82, 2.24) is 0 Å². The van der Waals surface area contributed by atoms with Crippen molar-refractivity contribution in [2.45, 2.75) is 13.8 Å². The molecule has 1 aromatic carbocycles. The predicted octanol–water partition coefficient (Wildman–Crippen LogP) is 2.63. The molecule has 0 aliphatic rings. The molecule has 86 valence electrons. The molecule has 1 rings (SSSR count). The highest BCUT2D eigenvalue weighted by Gasteiger charge is 2.12. The van der Waals surface area contributed by atoms with Crippen molar-refractivity contribution in [3.05, 3.63) is 28.8 Å². The van der Waals surface area contributed by atoms with Crippen LogP contribution in [0.25, 0.3) is 0 Å². The molecule has 5 heteroatoms. The lowest BCUT2D eigenvalue weighted by Gasteiger charge is -2.08. The van der Waals surface area contributed by atoms with Crippen LogP contribution in [0.15, 0.2) is 18.2 Å². The van der Waals surface area contributed by atoms with Gasteiger partial charge in [0.05, 0.1) is 10.6 Å². The Kier molecular flexibility index (Phi) is 3.90. The Morgan fingerprint density at radius 3 is 2.50 bits per heavy atom. The van der Waals surface area contributed by atoms with Crippen molar-refractivity contribution < 1.29 is 14.7 Å². The Hall–Kier alpha value is -1.55. The van der Waals surface area contributed by atoms with Crippen LogP contribution in [-0.2, 0) is 4.79 Å². The third-order valence-electron chi connectivity index (χ3n) is 1.99. The van der Waals surface area contributed by atoms with E-state index in [9.17, 15) is 9.59 Å². The molecule has 0 radical (unpaired) electrons. The van der Waals surface area contributed by atoms with Gasteiger partial charge in [-0.15, -0.1) is 0 Å². The van der Waals surface area contributed by atoms with E-state index in [2.05, 4.69) is 5.32 Å². The van der Waals surface area contributed by atoms with Crippen molar-refractivity contribution >= 4 is 29.2 Å². The van der Waals surface area contributed by atoms with Crippen molar-refractivity contribution in [3.63, 3.8) is 0 Å². The number of amides is 1. The van der Waals surface area contributed by atoms with Gasteiger partial charge >= 0.3 is 5.97 Å². The molecule has 4 nitrogen and oxygen atoms in total. The number of aromatic carboxylic acids is 1. The number of benzene rings is 1. The van der Waals surface area contributed by atoms with E-state index in [4.69, 9.17) is 16.7 Å². The number of carbonyl (C=O) groups is 2. The topological polar surface area (TPSA) is 66.4 Å². The van der Waals surface area contributed by atoms with Crippen LogP contribution in [0.2, 0.25) is 5.02 Å². The van der Waals surface area contributed by atoms with Gasteiger partial charge in [0.25, 0.3) is 0 Å². The maximum absolute atomic E-state index is 11.4. The zero-order valence-corrected chi connectivity index (χ0v) is 9.71. The minimum Gasteiger partial charge on any atom is -0.478 e. The molecule has 2 N–H and O–H groups in total. The van der Waals surface area contributed by atoms with Crippen molar-refractivity contribution in [2.24, 2.45) is 5.92 Å². The largest absolute Gasteiger partial charge is 0.478 e. The van der Waals surface area contributed by atoms with Gasteiger partial charge in [0, 0.05) is 11.6 Å². The summed E-state index contributed by atoms with van der Waals surface area (Å²) in [5, 5.41) is 11.6. The number of carboxylic acids is 1. The monoisotopic (exact) mass is 241 g/mol. The second-order valence-electron chi connectivity index (χ2n) is 3.64. The summed E-state index contributed by atoms with van der Waals surface area (Å²) < 4.78 is 0. The second kappa shape index (κ2) is 4.99. The minimum absolute atomic E-state index is 0.0248. The van der Waals surface area contributed by atoms with Gasteiger partial charge in [0.2, 0.25) is 5.91 Å². The SMILES string of the molecule is CC(C)C(=O)Nc1ccc(Cl)c(C(=O)O)c1. The van der Waals surface area contributed by atoms with Gasteiger partial charge in [-0.05, 0) is 18.2 Å². The summed E-state index contributed by atoms with van der Waals surface area (Å²) in [6.45, 7) is 3.51. The molecular formula is C11H12ClNO3. The lowest BCUT2D eigenvalue weighted by atomic mass is 10.1. The van der Waals surface area contributed by atoms with Crippen LogP contribution < -0.4 is 5.32 Å². The fourth-order valence-corrected chi connectivity index (χ4v) is 1.25. The van der Waals surface area contributed by atoms with E-state index in [1.807, 2.05) is 0 Å². The Bertz CT molecular complexity index is 429. The average Bonchev–Trinajstić information content (AvgIpc) is 2.20. The zero-order valence-electron chi connectivity index (χ0n) is 8.95. The third-order valence-corrected chi connectivity index (χ3v) is 2.32. The first-order chi connectivity index (χ1) is 7.41. The summed E-state index contributed by atoms with van der Waals surface area (Å²) in [7, 11) is 0. The Morgan fingerprint density at radius 1 is 1.38 bits per heavy atom. The van der Waals surface area contributed by atoms with E-state index in [1.54, 1.807) is 19.9 Å². The maximum Gasteiger partial charge on any atom is 0.337 e. The molecular weight excluding hydrogens is 230 g/mol. The number of carbonyl (C=O) groups excluding carboxylic acids is 1. The number of rotatable bonds is 3. The summed E-state index contributed by atoms with van der Waals surface area (Å²) in [5.74, 6) is -1.45. The molecule has 0 aliphatic carbocycles. The number of nitrogens with one attached hydrogen (secondary N) is 1. The van der Waals surface area contributed by atoms with E-state index in [1.165, 1.54) is 12.1 Å². The summed E-state index contributed by atoms with van der Waals surface area (Å²) in [4.78, 5) is 22.2. The van der Waals surface area contributed by atoms with Crippen LogP contribution in [0.5, 0.6) is 0 Å². The summed E-state index contributed by atoms with van der Waals surface area (Å²) >= 11 is 5.70. The quantitative estimate of drug-likeness (QED) is 0.855. The molecule has 0 saturated carbocycles. The molecule has 0 spiro atoms. The maximum atomic E-state index is 11.4. The molecule has 0 bridgehead atoms. The highest BCUT2D eigenvalue weighted by atomic mass is 35.5. The molecule has 0 heterocycles. The van der Waals surface area contributed by atoms with Gasteiger partial charge in [-0.2, -0.15) is 0 Å². The van der Waals surface area contributed by atoms with Gasteiger partial charge in [0.1, 0.15) is 0 Å². The number of anilines is 1. The summed E-state index contributed by atoms with van der Waals surface area (Å²) in [6, 6.07) is 4.35. The standard InChI is InChI=1S/C11H12ClNO3/c1-6(2)10(14)13-7-3-4-9(12)8(5-7)11(15)16/h3-6H,1-2H3,(H,13,14)(H,15,16). The predicted molar refractivity (Wildman–Crippen MR) is 61.9 cm³/mol. The minimum atomic E-state index is -1.12. The van der Waals surface area contributed by atoms with Gasteiger partial charge in [0.15, 0.2) is 0 Å². The van der Waals surface area contributed by atoms with Crippen LogP contribution >= 0.6 is 11.6 Å². The fourth-order valence-electron chi connectivity index (χ4n) is 1.05. The second-order valence-corrected chi connectivity index (χ2v) is 4.05. The summed E-state index contributed by atoms with van der Waals surface area (Å²) in [5.41, 5.74) is 0.406. The molecule has 0 atom stereocenters. The lowest BCUT2D eigenvalue weighted by Crippen LogP contribution is -2.18. The highest BCUT2D eigenvalue weighted by Crippen LogP contribution is 2.20. The molecule has 1 amide bonds. The molecule has 16 heavy (non-hydrogen) atoms. The first-order valence-corrected chi connectivity index (χ1v) is 5.13. The number of hydrogen-bond acceptors (Lipinski definition) is 2. The van der Waals surface area contributed by atoms with E-state index in [0.29, 0.717) is 5.69 Å². The van der Waals surface area contributed by atoms with Crippen LogP contribution in [0, 0.1) is 5.92 Å². The Morgan fingerprint density at radius 2 is 2.00 bits per heavy atom. The van der Waals surface area contributed by atoms with Crippen LogP contribution in [0.1, 0.15) is 24.2 Å². The zero-order chi connectivity index (χ0) is 12.3. The molecule has 0 unspecified atom stereocenters. The van der Waals surface area contributed by atoms with Crippen LogP contribution in [-0.4, -0.2) is 17.0 Å². The lowest BCUT2D eigenvalue weighted by molar-refractivity contribution is -0.118. The molecule has 0 fully saturated rings. The third kappa shape index (κ3) is 2.97. The van der Waals surface area contributed by atoms with Gasteiger partial charge in [-0.25, -0.2) is 4.79 Å². The van der Waals surface area contributed by atoms with Crippen molar-refractivity contribution in [1.29, 1.82) is 0 Å². The number of carboxylic acid groups (broad SMARTS) is 1. The average molecular weight is 242 g/mol. The highest BCUT2D eigenvalue weighted by molar-refractivity contribution is 6.33. The smallest absolute Gasteiger partial charge is 0.337 e. The van der Waals surface area contributed by atoms with Crippen molar-refractivity contribution in [2.75, 3.05) is 5.32 Å². The first kappa shape index (κ1) is 12.5. The summed E-state index contributed by atoms with van der Waals surface area (Å²) in [6.07, 6.45) is 0. The van der Waals surface area contributed by atoms with Gasteiger partial charge in [-0.3, -0.25) is 4.79 Å². The first-order valence-electron chi connectivity index (χ1n) is 4.75. The van der Waals surface area contributed by atoms with Crippen molar-refractivity contribution in [3.8, 4) is 0 Å².